The third-order valence-corrected chi connectivity index (χ3v) is 3.69. The van der Waals surface area contributed by atoms with Crippen LogP contribution in [-0.4, -0.2) is 23.8 Å². The van der Waals surface area contributed by atoms with Gasteiger partial charge >= 0.3 is 0 Å². The van der Waals surface area contributed by atoms with Crippen LogP contribution in [0.25, 0.3) is 0 Å². The summed E-state index contributed by atoms with van der Waals surface area (Å²) in [4.78, 5) is 13.6. The molecule has 0 radical (unpaired) electrons. The summed E-state index contributed by atoms with van der Waals surface area (Å²) in [5, 5.41) is 9.05. The highest BCUT2D eigenvalue weighted by Gasteiger charge is 2.22. The number of hydrogen-bond donors (Lipinski definition) is 0. The van der Waals surface area contributed by atoms with Gasteiger partial charge in [-0.15, -0.1) is 0 Å². The molecule has 0 spiro atoms. The minimum atomic E-state index is 0.243. The number of carbonyl (C=O) groups excluding carboxylic acids is 1. The zero-order valence-corrected chi connectivity index (χ0v) is 10.7. The van der Waals surface area contributed by atoms with E-state index >= 15 is 0 Å². The third-order valence-electron chi connectivity index (χ3n) is 3.69. The van der Waals surface area contributed by atoms with Gasteiger partial charge in [0.05, 0.1) is 11.6 Å². The molecule has 1 fully saturated rings. The van der Waals surface area contributed by atoms with Gasteiger partial charge in [-0.2, -0.15) is 5.26 Å². The Balaban J connectivity index is 1.96. The number of hydrogen-bond acceptors (Lipinski definition) is 3. The monoisotopic (exact) mass is 242 g/mol. The predicted octanol–water partition coefficient (Wildman–Crippen LogP) is 2.36. The van der Waals surface area contributed by atoms with E-state index in [1.807, 2.05) is 24.3 Å². The molecular weight excluding hydrogens is 224 g/mol. The van der Waals surface area contributed by atoms with Gasteiger partial charge in [-0.05, 0) is 44.5 Å². The molecule has 3 nitrogen and oxygen atoms in total. The van der Waals surface area contributed by atoms with Crippen LogP contribution in [0, 0.1) is 17.2 Å². The highest BCUT2D eigenvalue weighted by Crippen LogP contribution is 2.20. The molecule has 1 aromatic carbocycles. The van der Waals surface area contributed by atoms with E-state index in [2.05, 4.69) is 11.0 Å². The van der Waals surface area contributed by atoms with Gasteiger partial charge in [-0.25, -0.2) is 0 Å². The number of nitriles is 1. The van der Waals surface area contributed by atoms with Gasteiger partial charge in [-0.1, -0.05) is 18.2 Å². The standard InChI is InChI=1S/C15H18N2O/c1-12(18)13-6-8-17(9-7-13)11-15-5-3-2-4-14(15)10-16/h2-5,13H,6-9,11H2,1H3. The molecule has 1 saturated heterocycles. The van der Waals surface area contributed by atoms with Crippen LogP contribution >= 0.6 is 0 Å². The number of piperidine rings is 1. The minimum absolute atomic E-state index is 0.243. The molecule has 0 aromatic heterocycles. The van der Waals surface area contributed by atoms with E-state index in [0.717, 1.165) is 43.6 Å². The minimum Gasteiger partial charge on any atom is -0.300 e. The van der Waals surface area contributed by atoms with Crippen LogP contribution in [0.5, 0.6) is 0 Å². The summed E-state index contributed by atoms with van der Waals surface area (Å²) in [6.45, 7) is 4.40. The Morgan fingerprint density at radius 1 is 1.39 bits per heavy atom. The lowest BCUT2D eigenvalue weighted by atomic mass is 9.93. The van der Waals surface area contributed by atoms with E-state index < -0.39 is 0 Å². The summed E-state index contributed by atoms with van der Waals surface area (Å²) in [7, 11) is 0. The van der Waals surface area contributed by atoms with E-state index in [9.17, 15) is 4.79 Å². The molecule has 1 aliphatic heterocycles. The fraction of sp³-hybridized carbons (Fsp3) is 0.467. The first-order valence-corrected chi connectivity index (χ1v) is 6.41. The van der Waals surface area contributed by atoms with Crippen LogP contribution in [-0.2, 0) is 11.3 Å². The summed E-state index contributed by atoms with van der Waals surface area (Å²) >= 11 is 0. The summed E-state index contributed by atoms with van der Waals surface area (Å²) in [5.74, 6) is 0.555. The summed E-state index contributed by atoms with van der Waals surface area (Å²) < 4.78 is 0. The third kappa shape index (κ3) is 2.96. The fourth-order valence-electron chi connectivity index (χ4n) is 2.51. The molecule has 3 heteroatoms. The Bertz CT molecular complexity index is 468. The molecular formula is C15H18N2O. The molecule has 18 heavy (non-hydrogen) atoms. The lowest BCUT2D eigenvalue weighted by Crippen LogP contribution is -2.35. The van der Waals surface area contributed by atoms with Gasteiger partial charge < -0.3 is 0 Å². The molecule has 0 bridgehead atoms. The molecule has 0 unspecified atom stereocenters. The van der Waals surface area contributed by atoms with Crippen LogP contribution in [0.3, 0.4) is 0 Å². The van der Waals surface area contributed by atoms with Gasteiger partial charge in [0.1, 0.15) is 5.78 Å². The maximum absolute atomic E-state index is 11.3. The van der Waals surface area contributed by atoms with Gasteiger partial charge in [0, 0.05) is 12.5 Å². The molecule has 0 saturated carbocycles. The Labute approximate surface area is 108 Å². The van der Waals surface area contributed by atoms with E-state index in [1.54, 1.807) is 6.92 Å². The Morgan fingerprint density at radius 2 is 2.06 bits per heavy atom. The molecule has 1 aliphatic rings. The quantitative estimate of drug-likeness (QED) is 0.817. The van der Waals surface area contributed by atoms with Gasteiger partial charge in [0.25, 0.3) is 0 Å². The van der Waals surface area contributed by atoms with E-state index in [1.165, 1.54) is 0 Å². The molecule has 0 N–H and O–H groups in total. The maximum atomic E-state index is 11.3. The van der Waals surface area contributed by atoms with E-state index in [4.69, 9.17) is 5.26 Å². The molecule has 0 atom stereocenters. The second-order valence-corrected chi connectivity index (χ2v) is 4.93. The van der Waals surface area contributed by atoms with Crippen molar-refractivity contribution in [1.82, 2.24) is 4.90 Å². The molecule has 0 amide bonds. The van der Waals surface area contributed by atoms with Crippen molar-refractivity contribution >= 4 is 5.78 Å². The lowest BCUT2D eigenvalue weighted by molar-refractivity contribution is -0.122. The number of carbonyl (C=O) groups is 1. The first-order valence-electron chi connectivity index (χ1n) is 6.41. The first kappa shape index (κ1) is 12.8. The van der Waals surface area contributed by atoms with Crippen LogP contribution in [0.1, 0.15) is 30.9 Å². The fourth-order valence-corrected chi connectivity index (χ4v) is 2.51. The molecule has 2 rings (SSSR count). The summed E-state index contributed by atoms with van der Waals surface area (Å²) in [6, 6.07) is 9.96. The molecule has 94 valence electrons. The smallest absolute Gasteiger partial charge is 0.133 e. The Hall–Kier alpha value is -1.66. The largest absolute Gasteiger partial charge is 0.300 e. The van der Waals surface area contributed by atoms with E-state index in [-0.39, 0.29) is 5.92 Å². The van der Waals surface area contributed by atoms with E-state index in [0.29, 0.717) is 5.78 Å². The van der Waals surface area contributed by atoms with Crippen molar-refractivity contribution in [3.8, 4) is 6.07 Å². The first-order chi connectivity index (χ1) is 8.70. The highest BCUT2D eigenvalue weighted by molar-refractivity contribution is 5.78. The van der Waals surface area contributed by atoms with Crippen molar-refractivity contribution in [2.45, 2.75) is 26.3 Å². The SMILES string of the molecule is CC(=O)C1CCN(Cc2ccccc2C#N)CC1. The van der Waals surface area contributed by atoms with Crippen molar-refractivity contribution in [2.24, 2.45) is 5.92 Å². The van der Waals surface area contributed by atoms with Crippen molar-refractivity contribution in [1.29, 1.82) is 5.26 Å². The topological polar surface area (TPSA) is 44.1 Å². The Morgan fingerprint density at radius 3 is 2.67 bits per heavy atom. The van der Waals surface area contributed by atoms with Crippen molar-refractivity contribution < 1.29 is 4.79 Å². The average molecular weight is 242 g/mol. The summed E-state index contributed by atoms with van der Waals surface area (Å²) in [6.07, 6.45) is 1.90. The van der Waals surface area contributed by atoms with Crippen molar-refractivity contribution in [3.05, 3.63) is 35.4 Å². The lowest BCUT2D eigenvalue weighted by Gasteiger charge is -2.30. The molecule has 1 aromatic rings. The number of Topliss-reactive ketones (excluding diaryl/α,β-unsaturated/α-hetero) is 1. The van der Waals surface area contributed by atoms with Crippen LogP contribution < -0.4 is 0 Å². The van der Waals surface area contributed by atoms with Gasteiger partial charge in [-0.3, -0.25) is 9.69 Å². The molecule has 1 heterocycles. The average Bonchev–Trinajstić information content (AvgIpc) is 2.40. The van der Waals surface area contributed by atoms with Crippen LogP contribution in [0.4, 0.5) is 0 Å². The number of nitrogens with zero attached hydrogens (tertiary/aromatic N) is 2. The summed E-state index contributed by atoms with van der Waals surface area (Å²) in [5.41, 5.74) is 1.84. The predicted molar refractivity (Wildman–Crippen MR) is 69.8 cm³/mol. The number of rotatable bonds is 3. The Kier molecular flexibility index (Phi) is 4.11. The maximum Gasteiger partial charge on any atom is 0.133 e. The zero-order chi connectivity index (χ0) is 13.0. The van der Waals surface area contributed by atoms with Gasteiger partial charge in [0.2, 0.25) is 0 Å². The van der Waals surface area contributed by atoms with Crippen molar-refractivity contribution in [2.75, 3.05) is 13.1 Å². The van der Waals surface area contributed by atoms with Crippen LogP contribution in [0.2, 0.25) is 0 Å². The highest BCUT2D eigenvalue weighted by atomic mass is 16.1. The normalized spacial score (nSPS) is 17.3. The second kappa shape index (κ2) is 5.79. The number of ketones is 1. The van der Waals surface area contributed by atoms with Gasteiger partial charge in [0.15, 0.2) is 0 Å². The second-order valence-electron chi connectivity index (χ2n) is 4.93. The van der Waals surface area contributed by atoms with Crippen LogP contribution in [0.15, 0.2) is 24.3 Å². The number of benzene rings is 1. The number of likely N-dealkylation sites (tertiary alicyclic amines) is 1. The van der Waals surface area contributed by atoms with Crippen molar-refractivity contribution in [3.63, 3.8) is 0 Å². The zero-order valence-electron chi connectivity index (χ0n) is 10.7. The molecule has 0 aliphatic carbocycles.